The summed E-state index contributed by atoms with van der Waals surface area (Å²) in [7, 11) is 0. The first kappa shape index (κ1) is 91.3. The van der Waals surface area contributed by atoms with Crippen molar-refractivity contribution in [2.75, 3.05) is 32.0 Å². The van der Waals surface area contributed by atoms with Crippen LogP contribution in [0.5, 0.6) is 0 Å². The number of nitrogens with one attached hydrogen (secondary N) is 11. The van der Waals surface area contributed by atoms with Crippen LogP contribution in [-0.2, 0) is 94.3 Å². The zero-order chi connectivity index (χ0) is 83.1. The van der Waals surface area contributed by atoms with Crippen LogP contribution in [0.25, 0.3) is 10.9 Å². The number of aliphatic carboxylic acids is 2. The predicted octanol–water partition coefficient (Wildman–Crippen LogP) is -0.512. The number of rotatable bonds is 31. The highest BCUT2D eigenvalue weighted by Crippen LogP contribution is 2.26. The first-order chi connectivity index (χ1) is 53.0. The van der Waals surface area contributed by atoms with E-state index in [1.807, 2.05) is 5.38 Å². The number of H-pyrrole nitrogens is 1. The average Bonchev–Trinajstić information content (AvgIpc) is 1.53. The van der Waals surface area contributed by atoms with E-state index in [2.05, 4.69) is 65.1 Å². The van der Waals surface area contributed by atoms with Crippen LogP contribution < -0.4 is 70.4 Å². The molecule has 0 unspecified atom stereocenters. The van der Waals surface area contributed by atoms with E-state index in [0.29, 0.717) is 27.8 Å². The third-order valence-corrected chi connectivity index (χ3v) is 19.6. The van der Waals surface area contributed by atoms with Gasteiger partial charge in [0, 0.05) is 84.6 Å². The molecule has 1 aliphatic rings. The van der Waals surface area contributed by atoms with Gasteiger partial charge in [-0.25, -0.2) is 4.79 Å². The van der Waals surface area contributed by atoms with Crippen LogP contribution in [-0.4, -0.2) is 207 Å². The summed E-state index contributed by atoms with van der Waals surface area (Å²) in [5.41, 5.74) is 19.4. The van der Waals surface area contributed by atoms with Crippen LogP contribution in [0.15, 0.2) is 66.2 Å². The molecule has 11 amide bonds. The molecule has 2 aromatic heterocycles. The number of ketones is 4. The van der Waals surface area contributed by atoms with Gasteiger partial charge in [-0.1, -0.05) is 83.7 Å². The Kier molecular flexibility index (Phi) is 36.8. The number of fused-ring (bicyclic) bond motifs is 1. The second kappa shape index (κ2) is 45.1. The summed E-state index contributed by atoms with van der Waals surface area (Å²) in [5, 5.41) is 56.2. The van der Waals surface area contributed by atoms with E-state index < -0.39 is 249 Å². The number of carboxylic acid groups (broad SMARTS) is 2. The highest BCUT2D eigenvalue weighted by molar-refractivity contribution is 7.12. The Morgan fingerprint density at radius 3 is 1.96 bits per heavy atom. The van der Waals surface area contributed by atoms with Crippen molar-refractivity contribution in [1.29, 1.82) is 0 Å². The lowest BCUT2D eigenvalue weighted by molar-refractivity contribution is -0.156. The minimum atomic E-state index is -2.17. The molecule has 2 aromatic carbocycles. The SMILES string of the molecule is CCCCCCCc1csc(C(=O)N[C@@H](Cc2c[nH]c3ccccc23)C(=O)N[C@H](CC(N)=O)C(=O)C[C@@H](C)C(=O)N[C@@H]2C(=O)NCC(=O)N[C@@H](CCCN)C(=O)N[C@@H](CC(=O)O)C(=O)C[C@H](C)C(=O)N[C@@H](C)C(=O)NCC(=O)N[C@H](CO)C(=O)C[C@@H]([C@H](C)CC(=O)O)C(=O)N[C@@H](CC(=O)c3ccccc3N)C(=O)O[C@@H]2C)c1. The van der Waals surface area contributed by atoms with Crippen molar-refractivity contribution in [3.05, 3.63) is 87.7 Å². The average molecular weight is 1580 g/mol. The minimum Gasteiger partial charge on any atom is -0.481 e. The number of aliphatic hydroxyl groups excluding tert-OH is 1. The number of aromatic nitrogens is 1. The van der Waals surface area contributed by atoms with Gasteiger partial charge in [-0.05, 0) is 92.8 Å². The van der Waals surface area contributed by atoms with Crippen LogP contribution in [0, 0.1) is 23.7 Å². The largest absolute Gasteiger partial charge is 0.481 e. The number of Topliss-reactive ketones (excluding diaryl/α,β-unsaturated/α-hetero) is 4. The second-order valence-corrected chi connectivity index (χ2v) is 28.8. The van der Waals surface area contributed by atoms with Crippen LogP contribution in [0.2, 0.25) is 0 Å². The summed E-state index contributed by atoms with van der Waals surface area (Å²) in [5.74, 6) is -26.4. The van der Waals surface area contributed by atoms with Gasteiger partial charge in [0.25, 0.3) is 5.91 Å². The van der Waals surface area contributed by atoms with E-state index in [4.69, 9.17) is 21.9 Å². The molecule has 1 fully saturated rings. The molecule has 0 aliphatic carbocycles. The number of aryl methyl sites for hydroxylation is 1. The molecule has 0 saturated carbocycles. The van der Waals surface area contributed by atoms with Gasteiger partial charge >= 0.3 is 17.9 Å². The highest BCUT2D eigenvalue weighted by atomic mass is 32.1. The molecule has 13 atom stereocenters. The second-order valence-electron chi connectivity index (χ2n) is 27.9. The van der Waals surface area contributed by atoms with Gasteiger partial charge in [0.15, 0.2) is 23.1 Å². The zero-order valence-electron chi connectivity index (χ0n) is 63.2. The molecular formula is C75H102N14O22S. The molecule has 610 valence electrons. The monoisotopic (exact) mass is 1580 g/mol. The maximum atomic E-state index is 14.8. The van der Waals surface area contributed by atoms with E-state index in [9.17, 15) is 102 Å². The van der Waals surface area contributed by atoms with E-state index in [0.717, 1.165) is 44.6 Å². The first-order valence-electron chi connectivity index (χ1n) is 36.8. The molecule has 0 bridgehead atoms. The fourth-order valence-corrected chi connectivity index (χ4v) is 13.1. The van der Waals surface area contributed by atoms with Crippen molar-refractivity contribution in [3.63, 3.8) is 0 Å². The number of thiophene rings is 1. The first-order valence-corrected chi connectivity index (χ1v) is 37.7. The third kappa shape index (κ3) is 29.2. The maximum absolute atomic E-state index is 14.8. The zero-order valence-corrected chi connectivity index (χ0v) is 64.1. The standard InChI is InChI=1S/C75H102N14O22S/c1-7-8-9-10-11-17-43-27-60(112-37-43)73(108)87-53(28-44-33-79-49-21-15-13-18-45(44)49)72(107)85-51(31-61(78)95)57(92)25-40(4)68(103)89-66-42(6)111-75(110)54(30-56(91)46-19-12-14-20-48(46)77)88-70(105)47(38(2)26-64(98)99)29-59(94)55(36-90)84-63(97)34-80-69(104)41(5)82-67(102)39(3)24-58(93)52(32-65(100)101)86-71(106)50(22-16-23-76)83-62(96)35-81-74(66)109/h12-15,18-21,27,33,37-42,47,50-55,66,79,90H,7-11,16-17,22-26,28-32,34-36,76-77H2,1-6H3,(H2,78,95)(H,80,104)(H,81,109)(H,82,102)(H,83,96)(H,84,97)(H,85,107)(H,86,106)(H,87,108)(H,88,105)(H,89,103)(H,98,99)(H,100,101)/t38-,39+,40-,41+,42-,47+,50+,51-,52+,53+,54+,55-,66+/m1/s1. The molecule has 0 radical (unpaired) electrons. The van der Waals surface area contributed by atoms with Crippen molar-refractivity contribution in [2.45, 2.75) is 199 Å². The number of para-hydroxylation sites is 2. The number of nitrogens with two attached hydrogens (primary N) is 3. The molecule has 1 saturated heterocycles. The third-order valence-electron chi connectivity index (χ3n) is 18.7. The summed E-state index contributed by atoms with van der Waals surface area (Å²) in [4.78, 5) is 252. The Morgan fingerprint density at radius 1 is 0.661 bits per heavy atom. The van der Waals surface area contributed by atoms with Crippen molar-refractivity contribution < 1.29 is 106 Å². The number of primary amides is 1. The number of anilines is 1. The number of aliphatic hydroxyl groups is 1. The lowest BCUT2D eigenvalue weighted by Gasteiger charge is -2.29. The van der Waals surface area contributed by atoms with E-state index >= 15 is 0 Å². The van der Waals surface area contributed by atoms with Gasteiger partial charge in [0.1, 0.15) is 42.4 Å². The lowest BCUT2D eigenvalue weighted by Crippen LogP contribution is -2.58. The highest BCUT2D eigenvalue weighted by Gasteiger charge is 2.40. The Balaban J connectivity index is 1.54. The van der Waals surface area contributed by atoms with Gasteiger partial charge < -0.3 is 95.4 Å². The molecule has 5 rings (SSSR count). The number of nitrogen functional groups attached to an aromatic ring is 1. The van der Waals surface area contributed by atoms with Gasteiger partial charge in [-0.3, -0.25) is 81.5 Å². The smallest absolute Gasteiger partial charge is 0.329 e. The van der Waals surface area contributed by atoms with Crippen LogP contribution in [0.3, 0.4) is 0 Å². The number of aromatic amines is 1. The number of esters is 1. The van der Waals surface area contributed by atoms with Crippen molar-refractivity contribution in [3.8, 4) is 0 Å². The number of hydrogen-bond donors (Lipinski definition) is 17. The normalized spacial score (nSPS) is 21.7. The number of carbonyl (C=O) groups is 18. The lowest BCUT2D eigenvalue weighted by atomic mass is 9.84. The number of benzene rings is 2. The van der Waals surface area contributed by atoms with Gasteiger partial charge in [0.2, 0.25) is 59.1 Å². The molecular weight excluding hydrogens is 1480 g/mol. The van der Waals surface area contributed by atoms with Crippen LogP contribution >= 0.6 is 11.3 Å². The van der Waals surface area contributed by atoms with Crippen molar-refractivity contribution >= 4 is 134 Å². The van der Waals surface area contributed by atoms with Gasteiger partial charge in [-0.15, -0.1) is 11.3 Å². The number of carboxylic acids is 2. The summed E-state index contributed by atoms with van der Waals surface area (Å²) in [6.07, 6.45) is -1.16. The number of unbranched alkanes of at least 4 members (excludes halogenated alkanes) is 4. The molecule has 36 nitrogen and oxygen atoms in total. The molecule has 4 aromatic rings. The van der Waals surface area contributed by atoms with E-state index in [1.165, 1.54) is 63.3 Å². The number of amides is 11. The van der Waals surface area contributed by atoms with Crippen molar-refractivity contribution in [1.82, 2.24) is 58.2 Å². The van der Waals surface area contributed by atoms with E-state index in [1.54, 1.807) is 36.5 Å². The quantitative estimate of drug-likeness (QED) is 0.0131. The Labute approximate surface area is 649 Å². The number of carbonyl (C=O) groups excluding carboxylic acids is 16. The van der Waals surface area contributed by atoms with Crippen LogP contribution in [0.4, 0.5) is 5.69 Å². The number of ether oxygens (including phenoxy) is 1. The number of hydrogen-bond acceptors (Lipinski definition) is 23. The molecule has 20 N–H and O–H groups in total. The summed E-state index contributed by atoms with van der Waals surface area (Å²) >= 11 is 1.17. The Morgan fingerprint density at radius 2 is 1.30 bits per heavy atom. The minimum absolute atomic E-state index is 0.0128. The Hall–Kier alpha value is -11.3. The summed E-state index contributed by atoms with van der Waals surface area (Å²) < 4.78 is 5.78. The molecule has 37 heteroatoms. The van der Waals surface area contributed by atoms with E-state index in [-0.39, 0.29) is 37.1 Å². The Bertz CT molecular complexity index is 4090. The number of cyclic esters (lactones) is 1. The summed E-state index contributed by atoms with van der Waals surface area (Å²) in [6.45, 7) is 4.77. The molecule has 0 spiro atoms. The van der Waals surface area contributed by atoms with Gasteiger partial charge in [0.05, 0.1) is 49.5 Å². The maximum Gasteiger partial charge on any atom is 0.329 e. The van der Waals surface area contributed by atoms with Crippen molar-refractivity contribution in [2.24, 2.45) is 35.1 Å². The fraction of sp³-hybridized carbons (Fsp3) is 0.520. The molecule has 3 heterocycles. The predicted molar refractivity (Wildman–Crippen MR) is 404 cm³/mol. The van der Waals surface area contributed by atoms with Crippen LogP contribution in [0.1, 0.15) is 163 Å². The molecule has 112 heavy (non-hydrogen) atoms. The molecule has 1 aliphatic heterocycles. The van der Waals surface area contributed by atoms with Gasteiger partial charge in [-0.2, -0.15) is 0 Å². The topological polar surface area (TPSA) is 591 Å². The summed E-state index contributed by atoms with van der Waals surface area (Å²) in [6, 6.07) is 0.0887. The fourth-order valence-electron chi connectivity index (χ4n) is 12.2.